The highest BCUT2D eigenvalue weighted by atomic mass is 16.7. The lowest BCUT2D eigenvalue weighted by Gasteiger charge is -2.06. The Morgan fingerprint density at radius 2 is 2.09 bits per heavy atom. The number of carbonyl (C=O) groups excluding carboxylic acids is 1. The fourth-order valence-electron chi connectivity index (χ4n) is 2.31. The molecular weight excluding hydrogens is 284 g/mol. The van der Waals surface area contributed by atoms with Crippen LogP contribution in [0.1, 0.15) is 16.2 Å². The molecule has 0 radical (unpaired) electrons. The first-order valence-corrected chi connectivity index (χ1v) is 6.73. The molecule has 4 rings (SSSR count). The molecule has 110 valence electrons. The summed E-state index contributed by atoms with van der Waals surface area (Å²) in [6.45, 7) is 2.00. The van der Waals surface area contributed by atoms with Gasteiger partial charge >= 0.3 is 0 Å². The third-order valence-electron chi connectivity index (χ3n) is 3.33. The van der Waals surface area contributed by atoms with E-state index in [0.717, 1.165) is 5.65 Å². The van der Waals surface area contributed by atoms with Crippen molar-refractivity contribution >= 4 is 17.2 Å². The van der Waals surface area contributed by atoms with E-state index in [4.69, 9.17) is 9.47 Å². The monoisotopic (exact) mass is 296 g/mol. The summed E-state index contributed by atoms with van der Waals surface area (Å²) >= 11 is 0. The minimum absolute atomic E-state index is 0.183. The molecule has 0 atom stereocenters. The highest BCUT2D eigenvalue weighted by Crippen LogP contribution is 2.32. The smallest absolute Gasteiger partial charge is 0.255 e. The van der Waals surface area contributed by atoms with E-state index in [9.17, 15) is 4.79 Å². The normalized spacial score (nSPS) is 12.6. The predicted molar refractivity (Wildman–Crippen MR) is 78.2 cm³/mol. The number of benzene rings is 1. The first kappa shape index (κ1) is 12.6. The van der Waals surface area contributed by atoms with Crippen LogP contribution in [0.25, 0.3) is 5.65 Å². The molecule has 3 heterocycles. The Labute approximate surface area is 125 Å². The maximum absolute atomic E-state index is 12.3. The molecule has 0 spiro atoms. The van der Waals surface area contributed by atoms with E-state index < -0.39 is 0 Å². The number of aryl methyl sites for hydroxylation is 1. The molecule has 1 amide bonds. The van der Waals surface area contributed by atoms with Crippen molar-refractivity contribution in [1.82, 2.24) is 14.6 Å². The van der Waals surface area contributed by atoms with Gasteiger partial charge in [-0.1, -0.05) is 0 Å². The summed E-state index contributed by atoms with van der Waals surface area (Å²) in [7, 11) is 0. The maximum atomic E-state index is 12.3. The SMILES string of the molecule is Cc1nc2ccc(NC(=O)c3ccc4c(c3)OCO4)cn2n1. The Morgan fingerprint density at radius 1 is 1.23 bits per heavy atom. The van der Waals surface area contributed by atoms with Gasteiger partial charge in [0.05, 0.1) is 11.9 Å². The van der Waals surface area contributed by atoms with Crippen molar-refractivity contribution in [2.24, 2.45) is 0 Å². The number of ether oxygens (including phenoxy) is 2. The van der Waals surface area contributed by atoms with Gasteiger partial charge in [0.25, 0.3) is 5.91 Å². The van der Waals surface area contributed by atoms with Gasteiger partial charge in [-0.3, -0.25) is 4.79 Å². The van der Waals surface area contributed by atoms with E-state index in [1.165, 1.54) is 0 Å². The van der Waals surface area contributed by atoms with Gasteiger partial charge in [0, 0.05) is 5.56 Å². The van der Waals surface area contributed by atoms with Crippen molar-refractivity contribution in [1.29, 1.82) is 0 Å². The van der Waals surface area contributed by atoms with Crippen molar-refractivity contribution in [3.05, 3.63) is 47.9 Å². The van der Waals surface area contributed by atoms with E-state index in [1.807, 2.05) is 6.92 Å². The van der Waals surface area contributed by atoms with Gasteiger partial charge in [0.15, 0.2) is 17.1 Å². The summed E-state index contributed by atoms with van der Waals surface area (Å²) in [6.07, 6.45) is 1.72. The Bertz CT molecular complexity index is 888. The van der Waals surface area contributed by atoms with E-state index >= 15 is 0 Å². The van der Waals surface area contributed by atoms with Crippen LogP contribution in [0, 0.1) is 6.92 Å². The molecule has 7 nitrogen and oxygen atoms in total. The van der Waals surface area contributed by atoms with Crippen molar-refractivity contribution in [2.75, 3.05) is 12.1 Å². The van der Waals surface area contributed by atoms with Crippen LogP contribution in [0.5, 0.6) is 11.5 Å². The topological polar surface area (TPSA) is 77.8 Å². The second-order valence-electron chi connectivity index (χ2n) is 4.90. The van der Waals surface area contributed by atoms with Crippen LogP contribution >= 0.6 is 0 Å². The van der Waals surface area contributed by atoms with Gasteiger partial charge in [-0.05, 0) is 37.3 Å². The minimum atomic E-state index is -0.227. The number of carbonyl (C=O) groups is 1. The van der Waals surface area contributed by atoms with Gasteiger partial charge in [-0.15, -0.1) is 0 Å². The lowest BCUT2D eigenvalue weighted by atomic mass is 10.2. The molecular formula is C15H12N4O3. The van der Waals surface area contributed by atoms with E-state index in [0.29, 0.717) is 28.6 Å². The Morgan fingerprint density at radius 3 is 3.00 bits per heavy atom. The first-order valence-electron chi connectivity index (χ1n) is 6.73. The summed E-state index contributed by atoms with van der Waals surface area (Å²) in [5.41, 5.74) is 1.87. The molecule has 22 heavy (non-hydrogen) atoms. The number of rotatable bonds is 2. The average Bonchev–Trinajstić information content (AvgIpc) is 3.10. The summed E-state index contributed by atoms with van der Waals surface area (Å²) in [5, 5.41) is 7.05. The molecule has 1 N–H and O–H groups in total. The molecule has 0 saturated heterocycles. The number of hydrogen-bond acceptors (Lipinski definition) is 5. The van der Waals surface area contributed by atoms with E-state index in [1.54, 1.807) is 41.0 Å². The lowest BCUT2D eigenvalue weighted by molar-refractivity contribution is 0.102. The Hall–Kier alpha value is -3.09. The summed E-state index contributed by atoms with van der Waals surface area (Å²) in [6, 6.07) is 8.67. The van der Waals surface area contributed by atoms with Crippen LogP contribution in [0.15, 0.2) is 36.5 Å². The second kappa shape index (κ2) is 4.73. The molecule has 1 aliphatic rings. The molecule has 0 fully saturated rings. The standard InChI is InChI=1S/C15H12N4O3/c1-9-16-14-5-3-11(7-19(14)18-9)17-15(20)10-2-4-12-13(6-10)22-8-21-12/h2-7H,8H2,1H3,(H,17,20). The quantitative estimate of drug-likeness (QED) is 0.782. The molecule has 0 aliphatic carbocycles. The van der Waals surface area contributed by atoms with E-state index in [-0.39, 0.29) is 12.7 Å². The van der Waals surface area contributed by atoms with Crippen molar-refractivity contribution < 1.29 is 14.3 Å². The van der Waals surface area contributed by atoms with Gasteiger partial charge in [0.1, 0.15) is 5.82 Å². The number of nitrogens with zero attached hydrogens (tertiary/aromatic N) is 3. The molecule has 7 heteroatoms. The van der Waals surface area contributed by atoms with Crippen LogP contribution < -0.4 is 14.8 Å². The van der Waals surface area contributed by atoms with Crippen LogP contribution in [0.2, 0.25) is 0 Å². The Kier molecular flexibility index (Phi) is 2.72. The third kappa shape index (κ3) is 2.12. The molecule has 1 aromatic carbocycles. The van der Waals surface area contributed by atoms with Gasteiger partial charge < -0.3 is 14.8 Å². The molecule has 0 saturated carbocycles. The summed E-state index contributed by atoms with van der Waals surface area (Å²) in [5.74, 6) is 1.68. The fourth-order valence-corrected chi connectivity index (χ4v) is 2.31. The number of amides is 1. The van der Waals surface area contributed by atoms with Crippen LogP contribution in [-0.2, 0) is 0 Å². The maximum Gasteiger partial charge on any atom is 0.255 e. The van der Waals surface area contributed by atoms with Gasteiger partial charge in [-0.25, -0.2) is 9.50 Å². The Balaban J connectivity index is 1.59. The van der Waals surface area contributed by atoms with Gasteiger partial charge in [0.2, 0.25) is 6.79 Å². The molecule has 2 aromatic heterocycles. The zero-order chi connectivity index (χ0) is 15.1. The van der Waals surface area contributed by atoms with Crippen molar-refractivity contribution in [3.63, 3.8) is 0 Å². The van der Waals surface area contributed by atoms with Crippen LogP contribution in [-0.4, -0.2) is 27.3 Å². The van der Waals surface area contributed by atoms with Crippen LogP contribution in [0.3, 0.4) is 0 Å². The molecule has 0 unspecified atom stereocenters. The summed E-state index contributed by atoms with van der Waals surface area (Å²) < 4.78 is 12.1. The van der Waals surface area contributed by atoms with E-state index in [2.05, 4.69) is 15.4 Å². The largest absolute Gasteiger partial charge is 0.454 e. The minimum Gasteiger partial charge on any atom is -0.454 e. The summed E-state index contributed by atoms with van der Waals surface area (Å²) in [4.78, 5) is 16.5. The number of pyridine rings is 1. The number of nitrogens with one attached hydrogen (secondary N) is 1. The predicted octanol–water partition coefficient (Wildman–Crippen LogP) is 2.02. The molecule has 3 aromatic rings. The molecule has 1 aliphatic heterocycles. The third-order valence-corrected chi connectivity index (χ3v) is 3.33. The number of hydrogen-bond donors (Lipinski definition) is 1. The number of aromatic nitrogens is 3. The fraction of sp³-hybridized carbons (Fsp3) is 0.133. The van der Waals surface area contributed by atoms with Crippen LogP contribution in [0.4, 0.5) is 5.69 Å². The lowest BCUT2D eigenvalue weighted by Crippen LogP contribution is -2.12. The zero-order valence-electron chi connectivity index (χ0n) is 11.7. The second-order valence-corrected chi connectivity index (χ2v) is 4.90. The highest BCUT2D eigenvalue weighted by molar-refractivity contribution is 6.04. The van der Waals surface area contributed by atoms with Gasteiger partial charge in [-0.2, -0.15) is 5.10 Å². The number of fused-ring (bicyclic) bond motifs is 2. The average molecular weight is 296 g/mol. The zero-order valence-corrected chi connectivity index (χ0v) is 11.7. The highest BCUT2D eigenvalue weighted by Gasteiger charge is 2.16. The van der Waals surface area contributed by atoms with Crippen molar-refractivity contribution in [2.45, 2.75) is 6.92 Å². The molecule has 0 bridgehead atoms. The first-order chi connectivity index (χ1) is 10.7. The van der Waals surface area contributed by atoms with Crippen molar-refractivity contribution in [3.8, 4) is 11.5 Å². The number of anilines is 1.